The van der Waals surface area contributed by atoms with Crippen molar-refractivity contribution in [1.82, 2.24) is 9.47 Å². The van der Waals surface area contributed by atoms with Crippen LogP contribution in [0.25, 0.3) is 0 Å². The smallest absolute Gasteiger partial charge is 0.416 e. The van der Waals surface area contributed by atoms with Crippen LogP contribution >= 0.6 is 0 Å². The van der Waals surface area contributed by atoms with Crippen LogP contribution in [0.3, 0.4) is 0 Å². The molecule has 1 aromatic heterocycles. The van der Waals surface area contributed by atoms with Crippen molar-refractivity contribution in [2.45, 2.75) is 25.1 Å². The van der Waals surface area contributed by atoms with Gasteiger partial charge < -0.3 is 29.3 Å². The van der Waals surface area contributed by atoms with Gasteiger partial charge in [0.25, 0.3) is 17.4 Å². The highest BCUT2D eigenvalue weighted by Crippen LogP contribution is 2.40. The van der Waals surface area contributed by atoms with E-state index in [1.165, 1.54) is 12.1 Å². The molecule has 2 bridgehead atoms. The highest BCUT2D eigenvalue weighted by atomic mass is 19.4. The molecule has 0 radical (unpaired) electrons. The average Bonchev–Trinajstić information content (AvgIpc) is 3.11. The van der Waals surface area contributed by atoms with Crippen LogP contribution in [0.15, 0.2) is 89.7 Å². The lowest BCUT2D eigenvalue weighted by atomic mass is 9.83. The van der Waals surface area contributed by atoms with Crippen LogP contribution in [0, 0.1) is 5.92 Å². The van der Waals surface area contributed by atoms with Crippen molar-refractivity contribution < 1.29 is 27.5 Å². The van der Waals surface area contributed by atoms with Gasteiger partial charge in [0.15, 0.2) is 0 Å². The van der Waals surface area contributed by atoms with E-state index in [1.54, 1.807) is 42.3 Å². The van der Waals surface area contributed by atoms with Crippen LogP contribution in [0.1, 0.15) is 44.3 Å². The highest BCUT2D eigenvalue weighted by molar-refractivity contribution is 6.07. The molecule has 12 heteroatoms. The number of nitrogens with one attached hydrogen (secondary N) is 1. The Morgan fingerprint density at radius 2 is 1.57 bits per heavy atom. The number of benzene rings is 3. The van der Waals surface area contributed by atoms with E-state index in [1.807, 2.05) is 34.9 Å². The predicted molar refractivity (Wildman–Crippen MR) is 181 cm³/mol. The number of hydrogen-bond donors (Lipinski definition) is 1. The number of carbonyl (C=O) groups is 2. The standard InChI is InChI=1S/C37H36F3N5O4/c1-49-33-10-3-2-8-32(33)42-14-16-43(17-15-42)36(48)26-12-13-31(29(20-26)41-35(47)25-6-4-7-28(19-25)37(38,39)40)44-21-24-18-27(23-44)30-9-5-11-34(46)45(30)22-24/h2-13,19-20,24,27H,14-18,21-23H2,1H3,(H,41,47)/t24-,27+/m1/s1. The maximum Gasteiger partial charge on any atom is 0.416 e. The van der Waals surface area contributed by atoms with Crippen LogP contribution in [0.4, 0.5) is 30.2 Å². The number of anilines is 3. The van der Waals surface area contributed by atoms with Gasteiger partial charge in [0.1, 0.15) is 5.75 Å². The van der Waals surface area contributed by atoms with Crippen LogP contribution in [-0.4, -0.2) is 67.7 Å². The number of pyridine rings is 1. The van der Waals surface area contributed by atoms with Crippen LogP contribution in [-0.2, 0) is 12.7 Å². The predicted octanol–water partition coefficient (Wildman–Crippen LogP) is 5.71. The van der Waals surface area contributed by atoms with E-state index in [-0.39, 0.29) is 28.9 Å². The molecule has 7 rings (SSSR count). The molecule has 2 fully saturated rings. The number of rotatable bonds is 6. The van der Waals surface area contributed by atoms with Gasteiger partial charge in [-0.25, -0.2) is 0 Å². The van der Waals surface area contributed by atoms with Crippen molar-refractivity contribution in [3.63, 3.8) is 0 Å². The quantitative estimate of drug-likeness (QED) is 0.283. The van der Waals surface area contributed by atoms with Gasteiger partial charge in [-0.15, -0.1) is 0 Å². The van der Waals surface area contributed by atoms with Crippen LogP contribution in [0.5, 0.6) is 5.75 Å². The number of para-hydroxylation sites is 2. The molecule has 0 saturated carbocycles. The maximum absolute atomic E-state index is 13.8. The summed E-state index contributed by atoms with van der Waals surface area (Å²) in [7, 11) is 1.63. The van der Waals surface area contributed by atoms with Crippen molar-refractivity contribution >= 4 is 28.9 Å². The van der Waals surface area contributed by atoms with Gasteiger partial charge in [-0.2, -0.15) is 13.2 Å². The molecule has 3 aliphatic rings. The monoisotopic (exact) mass is 671 g/mol. The summed E-state index contributed by atoms with van der Waals surface area (Å²) in [6.45, 7) is 3.91. The fourth-order valence-electron chi connectivity index (χ4n) is 7.39. The number of methoxy groups -OCH3 is 1. The number of nitrogens with zero attached hydrogens (tertiary/aromatic N) is 4. The summed E-state index contributed by atoms with van der Waals surface area (Å²) >= 11 is 0. The average molecular weight is 672 g/mol. The van der Waals surface area contributed by atoms with Gasteiger partial charge in [-0.05, 0) is 66.9 Å². The first kappa shape index (κ1) is 32.3. The van der Waals surface area contributed by atoms with Gasteiger partial charge in [0.2, 0.25) is 0 Å². The minimum Gasteiger partial charge on any atom is -0.495 e. The number of piperidine rings is 1. The minimum atomic E-state index is -4.60. The number of amides is 2. The first-order valence-corrected chi connectivity index (χ1v) is 16.3. The Hall–Kier alpha value is -5.26. The molecule has 4 aromatic rings. The summed E-state index contributed by atoms with van der Waals surface area (Å²) in [5.74, 6) is 0.103. The molecule has 2 saturated heterocycles. The summed E-state index contributed by atoms with van der Waals surface area (Å²) in [5, 5.41) is 2.84. The summed E-state index contributed by atoms with van der Waals surface area (Å²) < 4.78 is 47.8. The number of piperazine rings is 1. The summed E-state index contributed by atoms with van der Waals surface area (Å²) in [4.78, 5) is 46.0. The topological polar surface area (TPSA) is 87.1 Å². The second-order valence-corrected chi connectivity index (χ2v) is 12.8. The molecule has 2 amide bonds. The third-order valence-electron chi connectivity index (χ3n) is 9.76. The van der Waals surface area contributed by atoms with E-state index in [0.29, 0.717) is 62.8 Å². The molecule has 1 N–H and O–H groups in total. The van der Waals surface area contributed by atoms with E-state index in [2.05, 4.69) is 15.1 Å². The van der Waals surface area contributed by atoms with Crippen molar-refractivity contribution in [3.8, 4) is 5.75 Å². The number of ether oxygens (including phenoxy) is 1. The first-order valence-electron chi connectivity index (χ1n) is 16.3. The summed E-state index contributed by atoms with van der Waals surface area (Å²) in [5.41, 5.74) is 2.19. The number of carbonyl (C=O) groups excluding carboxylic acids is 2. The molecule has 3 aliphatic heterocycles. The zero-order chi connectivity index (χ0) is 34.3. The Morgan fingerprint density at radius 3 is 2.35 bits per heavy atom. The molecule has 254 valence electrons. The molecule has 9 nitrogen and oxygen atoms in total. The lowest BCUT2D eigenvalue weighted by Gasteiger charge is -2.44. The molecule has 0 spiro atoms. The molecular weight excluding hydrogens is 635 g/mol. The molecule has 4 heterocycles. The Labute approximate surface area is 281 Å². The van der Waals surface area contributed by atoms with E-state index in [4.69, 9.17) is 4.74 Å². The minimum absolute atomic E-state index is 0.0266. The van der Waals surface area contributed by atoms with Crippen LogP contribution in [0.2, 0.25) is 0 Å². The Morgan fingerprint density at radius 1 is 0.796 bits per heavy atom. The third-order valence-corrected chi connectivity index (χ3v) is 9.76. The normalized spacial score (nSPS) is 18.9. The van der Waals surface area contributed by atoms with Crippen molar-refractivity contribution in [2.24, 2.45) is 5.92 Å². The number of alkyl halides is 3. The van der Waals surface area contributed by atoms with Crippen LogP contribution < -0.4 is 25.4 Å². The third kappa shape index (κ3) is 6.47. The van der Waals surface area contributed by atoms with Crippen molar-refractivity contribution in [1.29, 1.82) is 0 Å². The number of hydrogen-bond acceptors (Lipinski definition) is 6. The summed E-state index contributed by atoms with van der Waals surface area (Å²) in [6.07, 6.45) is -3.68. The van der Waals surface area contributed by atoms with Crippen molar-refractivity contribution in [3.05, 3.63) is 118 Å². The van der Waals surface area contributed by atoms with Gasteiger partial charge in [0.05, 0.1) is 29.7 Å². The van der Waals surface area contributed by atoms with E-state index in [0.717, 1.165) is 35.7 Å². The molecule has 0 unspecified atom stereocenters. The van der Waals surface area contributed by atoms with Crippen molar-refractivity contribution in [2.75, 3.05) is 61.5 Å². The lowest BCUT2D eigenvalue weighted by molar-refractivity contribution is -0.137. The number of fused-ring (bicyclic) bond motifs is 4. The fourth-order valence-corrected chi connectivity index (χ4v) is 7.39. The number of aromatic nitrogens is 1. The largest absolute Gasteiger partial charge is 0.495 e. The van der Waals surface area contributed by atoms with E-state index in [9.17, 15) is 27.6 Å². The summed E-state index contributed by atoms with van der Waals surface area (Å²) in [6, 6.07) is 22.5. The second-order valence-electron chi connectivity index (χ2n) is 12.8. The molecule has 2 atom stereocenters. The first-order chi connectivity index (χ1) is 23.6. The lowest BCUT2D eigenvalue weighted by Crippen LogP contribution is -2.49. The number of halogens is 3. The Balaban J connectivity index is 1.16. The molecule has 0 aliphatic carbocycles. The van der Waals surface area contributed by atoms with Gasteiger partial charge >= 0.3 is 6.18 Å². The molecular formula is C37H36F3N5O4. The van der Waals surface area contributed by atoms with Gasteiger partial charge in [-0.1, -0.05) is 24.3 Å². The zero-order valence-corrected chi connectivity index (χ0v) is 27.0. The Kier molecular flexibility index (Phi) is 8.56. The zero-order valence-electron chi connectivity index (χ0n) is 27.0. The molecule has 49 heavy (non-hydrogen) atoms. The maximum atomic E-state index is 13.8. The SMILES string of the molecule is COc1ccccc1N1CCN(C(=O)c2ccc(N3C[C@H]4C[C@@H](C3)c3cccc(=O)n3C4)c(NC(=O)c3cccc(C(F)(F)F)c3)c2)CC1. The fraction of sp³-hybridized carbons (Fsp3) is 0.324. The van der Waals surface area contributed by atoms with Gasteiger partial charge in [-0.3, -0.25) is 14.4 Å². The van der Waals surface area contributed by atoms with E-state index < -0.39 is 17.6 Å². The highest BCUT2D eigenvalue weighted by Gasteiger charge is 2.36. The van der Waals surface area contributed by atoms with Gasteiger partial charge in [0, 0.05) is 74.6 Å². The Bertz CT molecular complexity index is 1950. The molecule has 3 aromatic carbocycles. The second kappa shape index (κ2) is 13.0. The van der Waals surface area contributed by atoms with E-state index >= 15 is 0 Å².